The number of amides is 1. The van der Waals surface area contributed by atoms with Crippen LogP contribution in [0.2, 0.25) is 0 Å². The number of carbonyl (C=O) groups excluding carboxylic acids is 1. The monoisotopic (exact) mass is 246 g/mol. The SMILES string of the molecule is CCOC(=O)Nc1ssc(=S)c1C#N. The first kappa shape index (κ1) is 11.1. The van der Waals surface area contributed by atoms with Gasteiger partial charge in [-0.3, -0.25) is 5.32 Å². The minimum absolute atomic E-state index is 0.295. The van der Waals surface area contributed by atoms with Crippen LogP contribution in [0.3, 0.4) is 0 Å². The van der Waals surface area contributed by atoms with Crippen molar-refractivity contribution in [2.75, 3.05) is 11.9 Å². The van der Waals surface area contributed by atoms with Gasteiger partial charge in [0.15, 0.2) is 0 Å². The average Bonchev–Trinajstić information content (AvgIpc) is 2.47. The Morgan fingerprint density at radius 3 is 3.00 bits per heavy atom. The molecule has 1 amide bonds. The molecule has 1 rings (SSSR count). The summed E-state index contributed by atoms with van der Waals surface area (Å²) in [5.41, 5.74) is 0.336. The van der Waals surface area contributed by atoms with E-state index in [1.54, 1.807) is 6.92 Å². The summed E-state index contributed by atoms with van der Waals surface area (Å²) in [5.74, 6) is 0. The minimum Gasteiger partial charge on any atom is -0.450 e. The van der Waals surface area contributed by atoms with Gasteiger partial charge in [-0.2, -0.15) is 5.26 Å². The van der Waals surface area contributed by atoms with E-state index in [1.165, 1.54) is 20.7 Å². The Bertz CT molecular complexity index is 429. The lowest BCUT2D eigenvalue weighted by Crippen LogP contribution is -2.12. The van der Waals surface area contributed by atoms with Crippen LogP contribution in [0.15, 0.2) is 0 Å². The van der Waals surface area contributed by atoms with E-state index in [-0.39, 0.29) is 0 Å². The third-order valence-corrected chi connectivity index (χ3v) is 4.17. The van der Waals surface area contributed by atoms with Crippen LogP contribution in [0.1, 0.15) is 12.5 Å². The first-order valence-electron chi connectivity index (χ1n) is 3.66. The molecule has 14 heavy (non-hydrogen) atoms. The lowest BCUT2D eigenvalue weighted by molar-refractivity contribution is 0.168. The smallest absolute Gasteiger partial charge is 0.412 e. The summed E-state index contributed by atoms with van der Waals surface area (Å²) in [7, 11) is 2.54. The van der Waals surface area contributed by atoms with Crippen molar-refractivity contribution in [3.63, 3.8) is 0 Å². The second-order valence-electron chi connectivity index (χ2n) is 2.12. The van der Waals surface area contributed by atoms with E-state index < -0.39 is 6.09 Å². The maximum atomic E-state index is 11.0. The fourth-order valence-electron chi connectivity index (χ4n) is 0.695. The van der Waals surface area contributed by atoms with Gasteiger partial charge >= 0.3 is 6.09 Å². The highest BCUT2D eigenvalue weighted by atomic mass is 32.9. The number of carbonyl (C=O) groups is 1. The molecule has 0 aromatic carbocycles. The molecule has 0 aliphatic heterocycles. The summed E-state index contributed by atoms with van der Waals surface area (Å²) >= 11 is 4.90. The molecule has 1 aromatic heterocycles. The number of hydrogen-bond donors (Lipinski definition) is 1. The van der Waals surface area contributed by atoms with Crippen LogP contribution < -0.4 is 5.32 Å². The van der Waals surface area contributed by atoms with Crippen LogP contribution in [-0.2, 0) is 4.74 Å². The molecule has 7 heteroatoms. The molecular weight excluding hydrogens is 240 g/mol. The number of ether oxygens (including phenoxy) is 1. The van der Waals surface area contributed by atoms with Crippen molar-refractivity contribution in [2.24, 2.45) is 0 Å². The molecule has 0 fully saturated rings. The van der Waals surface area contributed by atoms with Crippen molar-refractivity contribution in [1.82, 2.24) is 0 Å². The predicted octanol–water partition coefficient (Wildman–Crippen LogP) is 2.98. The van der Waals surface area contributed by atoms with E-state index in [0.29, 0.717) is 21.0 Å². The molecule has 1 N–H and O–H groups in total. The molecule has 0 aliphatic rings. The predicted molar refractivity (Wildman–Crippen MR) is 58.4 cm³/mol. The second kappa shape index (κ2) is 5.05. The van der Waals surface area contributed by atoms with Crippen molar-refractivity contribution < 1.29 is 9.53 Å². The van der Waals surface area contributed by atoms with Crippen LogP contribution >= 0.6 is 32.9 Å². The van der Waals surface area contributed by atoms with E-state index in [0.717, 1.165) is 0 Å². The Kier molecular flexibility index (Phi) is 4.00. The number of hydrogen-bond acceptors (Lipinski definition) is 6. The quantitative estimate of drug-likeness (QED) is 0.643. The molecule has 1 aromatic rings. The van der Waals surface area contributed by atoms with E-state index in [4.69, 9.17) is 17.5 Å². The number of nitrogens with one attached hydrogen (secondary N) is 1. The summed E-state index contributed by atoms with van der Waals surface area (Å²) in [6.45, 7) is 2.00. The number of rotatable bonds is 2. The van der Waals surface area contributed by atoms with Gasteiger partial charge < -0.3 is 4.74 Å². The van der Waals surface area contributed by atoms with Gasteiger partial charge in [-0.25, -0.2) is 4.79 Å². The minimum atomic E-state index is -0.562. The molecular formula is C7H6N2O2S3. The topological polar surface area (TPSA) is 62.1 Å². The second-order valence-corrected chi connectivity index (χ2v) is 4.93. The first-order chi connectivity index (χ1) is 6.69. The molecule has 0 bridgehead atoms. The van der Waals surface area contributed by atoms with Gasteiger partial charge in [-0.1, -0.05) is 32.9 Å². The molecule has 4 nitrogen and oxygen atoms in total. The van der Waals surface area contributed by atoms with E-state index >= 15 is 0 Å². The normalized spacial score (nSPS) is 9.14. The number of nitriles is 1. The third kappa shape index (κ3) is 2.51. The molecule has 0 unspecified atom stereocenters. The van der Waals surface area contributed by atoms with Crippen LogP contribution in [0.5, 0.6) is 0 Å². The molecule has 0 atom stereocenters. The molecule has 1 heterocycles. The zero-order chi connectivity index (χ0) is 10.6. The molecule has 0 saturated carbocycles. The van der Waals surface area contributed by atoms with Crippen LogP contribution in [0, 0.1) is 15.2 Å². The maximum absolute atomic E-state index is 11.0. The highest BCUT2D eigenvalue weighted by Gasteiger charge is 2.11. The first-order valence-corrected chi connectivity index (χ1v) is 6.21. The van der Waals surface area contributed by atoms with Gasteiger partial charge in [0, 0.05) is 0 Å². The zero-order valence-electron chi connectivity index (χ0n) is 7.20. The average molecular weight is 246 g/mol. The summed E-state index contributed by atoms with van der Waals surface area (Å²) in [4.78, 5) is 11.0. The Hall–Kier alpha value is -0.970. The van der Waals surface area contributed by atoms with E-state index in [2.05, 4.69) is 10.1 Å². The fourth-order valence-corrected chi connectivity index (χ4v) is 3.13. The van der Waals surface area contributed by atoms with Crippen molar-refractivity contribution >= 4 is 44.0 Å². The lowest BCUT2D eigenvalue weighted by Gasteiger charge is -2.01. The number of anilines is 1. The largest absolute Gasteiger partial charge is 0.450 e. The number of nitrogens with zero attached hydrogens (tertiary/aromatic N) is 1. The Balaban J connectivity index is 2.83. The van der Waals surface area contributed by atoms with Crippen LogP contribution in [-0.4, -0.2) is 12.7 Å². The van der Waals surface area contributed by atoms with Crippen molar-refractivity contribution in [2.45, 2.75) is 6.92 Å². The summed E-state index contributed by atoms with van der Waals surface area (Å²) in [6.07, 6.45) is -0.562. The molecule has 0 aliphatic carbocycles. The third-order valence-electron chi connectivity index (χ3n) is 1.23. The Morgan fingerprint density at radius 1 is 1.71 bits per heavy atom. The highest BCUT2D eigenvalue weighted by molar-refractivity contribution is 7.80. The summed E-state index contributed by atoms with van der Waals surface area (Å²) in [5, 5.41) is 11.7. The molecule has 0 spiro atoms. The van der Waals surface area contributed by atoms with Gasteiger partial charge in [0.1, 0.15) is 20.5 Å². The van der Waals surface area contributed by atoms with Crippen molar-refractivity contribution in [1.29, 1.82) is 5.26 Å². The van der Waals surface area contributed by atoms with Crippen LogP contribution in [0.25, 0.3) is 0 Å². The molecule has 0 radical (unpaired) electrons. The Labute approximate surface area is 93.1 Å². The molecule has 0 saturated heterocycles. The van der Waals surface area contributed by atoms with Gasteiger partial charge in [-0.15, -0.1) is 0 Å². The van der Waals surface area contributed by atoms with E-state index in [9.17, 15) is 4.79 Å². The Morgan fingerprint density at radius 2 is 2.43 bits per heavy atom. The summed E-state index contributed by atoms with van der Waals surface area (Å²) < 4.78 is 5.16. The van der Waals surface area contributed by atoms with Crippen LogP contribution in [0.4, 0.5) is 9.80 Å². The summed E-state index contributed by atoms with van der Waals surface area (Å²) in [6, 6.07) is 1.94. The zero-order valence-corrected chi connectivity index (χ0v) is 9.65. The van der Waals surface area contributed by atoms with E-state index in [1.807, 2.05) is 6.07 Å². The standard InChI is InChI=1S/C7H6N2O2S3/c1-2-11-7(10)9-5-4(3-8)6(12)14-13-5/h2H2,1H3,(H,9,10). The molecule has 74 valence electrons. The fraction of sp³-hybridized carbons (Fsp3) is 0.286. The maximum Gasteiger partial charge on any atom is 0.412 e. The van der Waals surface area contributed by atoms with Gasteiger partial charge in [0.2, 0.25) is 0 Å². The highest BCUT2D eigenvalue weighted by Crippen LogP contribution is 2.29. The van der Waals surface area contributed by atoms with Gasteiger partial charge in [0.25, 0.3) is 0 Å². The van der Waals surface area contributed by atoms with Gasteiger partial charge in [-0.05, 0) is 6.92 Å². The van der Waals surface area contributed by atoms with Crippen molar-refractivity contribution in [3.05, 3.63) is 9.39 Å². The van der Waals surface area contributed by atoms with Crippen molar-refractivity contribution in [3.8, 4) is 6.07 Å². The lowest BCUT2D eigenvalue weighted by atomic mass is 10.4. The van der Waals surface area contributed by atoms with Gasteiger partial charge in [0.05, 0.1) is 6.61 Å².